The molecule has 1 aromatic rings. The first-order valence-electron chi connectivity index (χ1n) is 6.79. The van der Waals surface area contributed by atoms with E-state index in [0.29, 0.717) is 12.0 Å². The van der Waals surface area contributed by atoms with Crippen molar-refractivity contribution in [2.75, 3.05) is 7.05 Å². The molecule has 0 N–H and O–H groups in total. The van der Waals surface area contributed by atoms with Gasteiger partial charge in [0, 0.05) is 16.8 Å². The number of rotatable bonds is 2. The summed E-state index contributed by atoms with van der Waals surface area (Å²) in [4.78, 5) is 2.32. The number of likely N-dealkylation sites (N-methyl/N-ethyl adjacent to an activating group) is 1. The summed E-state index contributed by atoms with van der Waals surface area (Å²) in [5.41, 5.74) is 5.66. The zero-order valence-electron chi connectivity index (χ0n) is 12.4. The molecule has 0 bridgehead atoms. The molecule has 0 saturated heterocycles. The molecule has 19 heavy (non-hydrogen) atoms. The lowest BCUT2D eigenvalue weighted by Gasteiger charge is -2.33. The minimum Gasteiger partial charge on any atom is -0.369 e. The Bertz CT molecular complexity index is 520. The van der Waals surface area contributed by atoms with Gasteiger partial charge in [0.15, 0.2) is 0 Å². The summed E-state index contributed by atoms with van der Waals surface area (Å²) < 4.78 is 1.36. The zero-order valence-corrected chi connectivity index (χ0v) is 14.5. The van der Waals surface area contributed by atoms with Crippen molar-refractivity contribution in [2.24, 2.45) is 5.92 Å². The van der Waals surface area contributed by atoms with Gasteiger partial charge in [-0.2, -0.15) is 0 Å². The van der Waals surface area contributed by atoms with Crippen LogP contribution in [0, 0.1) is 19.8 Å². The molecule has 1 nitrogen and oxygen atoms in total. The molecular formula is C17H22IN. The summed E-state index contributed by atoms with van der Waals surface area (Å²) >= 11 is 2.45. The molecule has 1 heterocycles. The summed E-state index contributed by atoms with van der Waals surface area (Å²) in [6.45, 7) is 8.96. The molecule has 1 aliphatic rings. The Morgan fingerprint density at radius 1 is 1.16 bits per heavy atom. The fourth-order valence-corrected chi connectivity index (χ4v) is 3.99. The highest BCUT2D eigenvalue weighted by molar-refractivity contribution is 14.1. The maximum atomic E-state index is 2.45. The fraction of sp³-hybridized carbons (Fsp3) is 0.412. The van der Waals surface area contributed by atoms with E-state index in [1.54, 1.807) is 0 Å². The average molecular weight is 367 g/mol. The van der Waals surface area contributed by atoms with Crippen molar-refractivity contribution < 1.29 is 0 Å². The van der Waals surface area contributed by atoms with Crippen molar-refractivity contribution in [1.29, 1.82) is 0 Å². The largest absolute Gasteiger partial charge is 0.369 e. The smallest absolute Gasteiger partial charge is 0.0729 e. The Kier molecular flexibility index (Phi) is 4.39. The highest BCUT2D eigenvalue weighted by atomic mass is 127. The van der Waals surface area contributed by atoms with E-state index < -0.39 is 0 Å². The van der Waals surface area contributed by atoms with Crippen molar-refractivity contribution >= 4 is 22.6 Å². The van der Waals surface area contributed by atoms with Crippen LogP contribution in [0.15, 0.2) is 39.6 Å². The Labute approximate surface area is 130 Å². The Hall–Kier alpha value is -0.770. The number of benzene rings is 1. The SMILES string of the molecule is Cc1cccc(C)c1C1C=C(C(C)C)C(I)=CN1C. The van der Waals surface area contributed by atoms with E-state index in [4.69, 9.17) is 0 Å². The van der Waals surface area contributed by atoms with Gasteiger partial charge in [-0.25, -0.2) is 0 Å². The molecule has 0 radical (unpaired) electrons. The van der Waals surface area contributed by atoms with Crippen LogP contribution in [0.5, 0.6) is 0 Å². The molecule has 0 spiro atoms. The second-order valence-corrected chi connectivity index (χ2v) is 6.83. The highest BCUT2D eigenvalue weighted by Crippen LogP contribution is 2.37. The monoisotopic (exact) mass is 367 g/mol. The predicted octanol–water partition coefficient (Wildman–Crippen LogP) is 5.15. The molecule has 0 amide bonds. The minimum atomic E-state index is 0.358. The lowest BCUT2D eigenvalue weighted by Crippen LogP contribution is -2.23. The van der Waals surface area contributed by atoms with E-state index in [1.165, 1.54) is 25.8 Å². The normalized spacial score (nSPS) is 19.5. The third-order valence-electron chi connectivity index (χ3n) is 3.83. The molecule has 0 aliphatic carbocycles. The van der Waals surface area contributed by atoms with Crippen LogP contribution in [0.2, 0.25) is 0 Å². The molecule has 1 atom stereocenters. The van der Waals surface area contributed by atoms with Gasteiger partial charge < -0.3 is 4.90 Å². The van der Waals surface area contributed by atoms with Crippen molar-refractivity contribution in [3.63, 3.8) is 0 Å². The summed E-state index contributed by atoms with van der Waals surface area (Å²) in [6, 6.07) is 6.92. The van der Waals surface area contributed by atoms with E-state index in [1.807, 2.05) is 0 Å². The fourth-order valence-electron chi connectivity index (χ4n) is 2.75. The molecular weight excluding hydrogens is 345 g/mol. The Morgan fingerprint density at radius 2 is 1.74 bits per heavy atom. The topological polar surface area (TPSA) is 3.24 Å². The van der Waals surface area contributed by atoms with Crippen LogP contribution in [0.1, 0.15) is 36.6 Å². The van der Waals surface area contributed by atoms with Gasteiger partial charge in [-0.15, -0.1) is 0 Å². The Morgan fingerprint density at radius 3 is 2.26 bits per heavy atom. The maximum absolute atomic E-state index is 2.45. The second-order valence-electron chi connectivity index (χ2n) is 5.67. The standard InChI is InChI=1S/C17H22IN/c1-11(2)14-9-16(19(5)10-15(14)18)17-12(3)7-6-8-13(17)4/h6-11,16H,1-5H3. The van der Waals surface area contributed by atoms with Crippen LogP contribution in [0.4, 0.5) is 0 Å². The van der Waals surface area contributed by atoms with E-state index >= 15 is 0 Å². The molecule has 2 rings (SSSR count). The third kappa shape index (κ3) is 2.88. The van der Waals surface area contributed by atoms with Gasteiger partial charge >= 0.3 is 0 Å². The van der Waals surface area contributed by atoms with E-state index in [-0.39, 0.29) is 0 Å². The zero-order chi connectivity index (χ0) is 14.2. The molecule has 0 aromatic heterocycles. The highest BCUT2D eigenvalue weighted by Gasteiger charge is 2.23. The summed E-state index contributed by atoms with van der Waals surface area (Å²) in [6.07, 6.45) is 4.70. The summed E-state index contributed by atoms with van der Waals surface area (Å²) in [5, 5.41) is 0. The first-order valence-corrected chi connectivity index (χ1v) is 7.87. The molecule has 2 heteroatoms. The van der Waals surface area contributed by atoms with E-state index in [9.17, 15) is 0 Å². The van der Waals surface area contributed by atoms with Gasteiger partial charge in [0.2, 0.25) is 0 Å². The second kappa shape index (κ2) is 5.70. The number of allylic oxidation sites excluding steroid dienone is 2. The van der Waals surface area contributed by atoms with Gasteiger partial charge in [-0.1, -0.05) is 38.1 Å². The van der Waals surface area contributed by atoms with Gasteiger partial charge in [-0.3, -0.25) is 0 Å². The predicted molar refractivity (Wildman–Crippen MR) is 91.4 cm³/mol. The van der Waals surface area contributed by atoms with Crippen LogP contribution in [-0.2, 0) is 0 Å². The van der Waals surface area contributed by atoms with Gasteiger partial charge in [0.25, 0.3) is 0 Å². The number of nitrogens with zero attached hydrogens (tertiary/aromatic N) is 1. The summed E-state index contributed by atoms with van der Waals surface area (Å²) in [5.74, 6) is 0.573. The minimum absolute atomic E-state index is 0.358. The number of hydrogen-bond acceptors (Lipinski definition) is 1. The van der Waals surface area contributed by atoms with Crippen molar-refractivity contribution in [1.82, 2.24) is 4.90 Å². The molecule has 102 valence electrons. The first kappa shape index (κ1) is 14.6. The Balaban J connectivity index is 2.51. The number of aryl methyl sites for hydroxylation is 2. The van der Waals surface area contributed by atoms with Crippen LogP contribution < -0.4 is 0 Å². The van der Waals surface area contributed by atoms with Crippen molar-refractivity contribution in [2.45, 2.75) is 33.7 Å². The van der Waals surface area contributed by atoms with Gasteiger partial charge in [0.1, 0.15) is 0 Å². The van der Waals surface area contributed by atoms with E-state index in [2.05, 4.69) is 92.7 Å². The first-order chi connectivity index (χ1) is 8.91. The molecule has 1 unspecified atom stereocenters. The quantitative estimate of drug-likeness (QED) is 0.654. The number of hydrogen-bond donors (Lipinski definition) is 0. The van der Waals surface area contributed by atoms with Crippen molar-refractivity contribution in [3.05, 3.63) is 56.3 Å². The lowest BCUT2D eigenvalue weighted by atomic mass is 9.90. The third-order valence-corrected chi connectivity index (χ3v) is 4.73. The lowest BCUT2D eigenvalue weighted by molar-refractivity contribution is 0.381. The van der Waals surface area contributed by atoms with Crippen LogP contribution in [0.3, 0.4) is 0 Å². The summed E-state index contributed by atoms with van der Waals surface area (Å²) in [7, 11) is 2.17. The van der Waals surface area contributed by atoms with Gasteiger partial charge in [-0.05, 0) is 64.6 Å². The maximum Gasteiger partial charge on any atom is 0.0729 e. The molecule has 0 fully saturated rings. The molecule has 0 saturated carbocycles. The van der Waals surface area contributed by atoms with Crippen LogP contribution in [-0.4, -0.2) is 11.9 Å². The van der Waals surface area contributed by atoms with Crippen LogP contribution in [0.25, 0.3) is 0 Å². The van der Waals surface area contributed by atoms with Crippen LogP contribution >= 0.6 is 22.6 Å². The van der Waals surface area contributed by atoms with Gasteiger partial charge in [0.05, 0.1) is 6.04 Å². The molecule has 1 aromatic carbocycles. The number of halogens is 1. The van der Waals surface area contributed by atoms with E-state index in [0.717, 1.165) is 0 Å². The molecule has 1 aliphatic heterocycles. The average Bonchev–Trinajstić information content (AvgIpc) is 2.30. The van der Waals surface area contributed by atoms with Crippen molar-refractivity contribution in [3.8, 4) is 0 Å².